The van der Waals surface area contributed by atoms with Crippen LogP contribution in [0.5, 0.6) is 0 Å². The molecule has 2 aromatic carbocycles. The van der Waals surface area contributed by atoms with Gasteiger partial charge in [0.25, 0.3) is 0 Å². The van der Waals surface area contributed by atoms with Gasteiger partial charge >= 0.3 is 0 Å². The van der Waals surface area contributed by atoms with E-state index in [-0.39, 0.29) is 0 Å². The molecule has 0 unspecified atom stereocenters. The van der Waals surface area contributed by atoms with Crippen LogP contribution in [-0.4, -0.2) is 8.32 Å². The van der Waals surface area contributed by atoms with Crippen molar-refractivity contribution in [2.24, 2.45) is 0 Å². The van der Waals surface area contributed by atoms with Gasteiger partial charge in [0.15, 0.2) is 14.4 Å². The Kier molecular flexibility index (Phi) is 4.38. The van der Waals surface area contributed by atoms with Gasteiger partial charge in [0.05, 0.1) is 6.07 Å². The maximum absolute atomic E-state index is 9.28. The van der Waals surface area contributed by atoms with Crippen molar-refractivity contribution >= 4 is 8.32 Å². The Morgan fingerprint density at radius 2 is 1.45 bits per heavy atom. The average Bonchev–Trinajstić information content (AvgIpc) is 2.45. The van der Waals surface area contributed by atoms with Crippen LogP contribution in [0.15, 0.2) is 54.6 Å². The van der Waals surface area contributed by atoms with Gasteiger partial charge in [-0.05, 0) is 36.3 Å². The molecule has 20 heavy (non-hydrogen) atoms. The number of hydrogen-bond donors (Lipinski definition) is 0. The molecule has 2 nitrogen and oxygen atoms in total. The quantitative estimate of drug-likeness (QED) is 0.756. The molecule has 2 aromatic rings. The molecule has 0 aliphatic carbocycles. The first-order valence-electron chi connectivity index (χ1n) is 6.72. The third-order valence-electron chi connectivity index (χ3n) is 2.91. The van der Waals surface area contributed by atoms with E-state index in [9.17, 15) is 5.26 Å². The summed E-state index contributed by atoms with van der Waals surface area (Å²) in [6, 6.07) is 20.5. The standard InChI is InChI=1S/C17H19NOSi/c1-20(2,3)19-17(13-18)16-11-9-15(10-12-16)14-7-5-4-6-8-14/h4-12,17H,1-3H3/t17-/m1/s1. The van der Waals surface area contributed by atoms with E-state index in [1.165, 1.54) is 5.56 Å². The van der Waals surface area contributed by atoms with Crippen LogP contribution in [0.25, 0.3) is 11.1 Å². The number of nitrogens with zero attached hydrogens (tertiary/aromatic N) is 1. The van der Waals surface area contributed by atoms with E-state index in [4.69, 9.17) is 4.43 Å². The van der Waals surface area contributed by atoms with E-state index in [1.807, 2.05) is 42.5 Å². The summed E-state index contributed by atoms with van der Waals surface area (Å²) in [6.07, 6.45) is -0.466. The Labute approximate surface area is 121 Å². The molecule has 0 saturated carbocycles. The molecular weight excluding hydrogens is 262 g/mol. The third kappa shape index (κ3) is 3.80. The van der Waals surface area contributed by atoms with Gasteiger partial charge < -0.3 is 4.43 Å². The lowest BCUT2D eigenvalue weighted by atomic mass is 10.0. The summed E-state index contributed by atoms with van der Waals surface area (Å²) in [4.78, 5) is 0. The van der Waals surface area contributed by atoms with Crippen LogP contribution in [-0.2, 0) is 4.43 Å². The molecule has 0 aliphatic heterocycles. The summed E-state index contributed by atoms with van der Waals surface area (Å²) < 4.78 is 5.90. The van der Waals surface area contributed by atoms with Gasteiger partial charge in [0.1, 0.15) is 0 Å². The average molecular weight is 281 g/mol. The molecule has 0 bridgehead atoms. The van der Waals surface area contributed by atoms with Crippen molar-refractivity contribution in [2.75, 3.05) is 0 Å². The summed E-state index contributed by atoms with van der Waals surface area (Å²) in [5.41, 5.74) is 3.26. The summed E-state index contributed by atoms with van der Waals surface area (Å²) in [5, 5.41) is 9.28. The number of hydrogen-bond acceptors (Lipinski definition) is 2. The molecule has 0 heterocycles. The zero-order valence-corrected chi connectivity index (χ0v) is 13.1. The lowest BCUT2D eigenvalue weighted by molar-refractivity contribution is 0.255. The van der Waals surface area contributed by atoms with Crippen LogP contribution in [0, 0.1) is 11.3 Å². The van der Waals surface area contributed by atoms with E-state index >= 15 is 0 Å². The van der Waals surface area contributed by atoms with E-state index < -0.39 is 14.4 Å². The topological polar surface area (TPSA) is 33.0 Å². The smallest absolute Gasteiger partial charge is 0.186 e. The fourth-order valence-electron chi connectivity index (χ4n) is 2.00. The maximum Gasteiger partial charge on any atom is 0.186 e. The van der Waals surface area contributed by atoms with Crippen molar-refractivity contribution in [3.63, 3.8) is 0 Å². The zero-order chi connectivity index (χ0) is 14.6. The Morgan fingerprint density at radius 3 is 1.95 bits per heavy atom. The maximum atomic E-state index is 9.28. The largest absolute Gasteiger partial charge is 0.399 e. The first-order valence-corrected chi connectivity index (χ1v) is 10.1. The van der Waals surface area contributed by atoms with Crippen LogP contribution < -0.4 is 0 Å². The molecule has 3 heteroatoms. The van der Waals surface area contributed by atoms with E-state index in [0.717, 1.165) is 11.1 Å². The first kappa shape index (κ1) is 14.5. The van der Waals surface area contributed by atoms with Crippen LogP contribution in [0.3, 0.4) is 0 Å². The Morgan fingerprint density at radius 1 is 0.900 bits per heavy atom. The van der Waals surface area contributed by atoms with Crippen molar-refractivity contribution in [1.82, 2.24) is 0 Å². The van der Waals surface area contributed by atoms with Crippen LogP contribution >= 0.6 is 0 Å². The summed E-state index contributed by atoms with van der Waals surface area (Å²) in [7, 11) is -1.72. The van der Waals surface area contributed by atoms with Crippen LogP contribution in [0.2, 0.25) is 19.6 Å². The molecule has 0 saturated heterocycles. The Balaban J connectivity index is 2.22. The van der Waals surface area contributed by atoms with Gasteiger partial charge in [-0.15, -0.1) is 0 Å². The van der Waals surface area contributed by atoms with Crippen LogP contribution in [0.1, 0.15) is 11.7 Å². The van der Waals surface area contributed by atoms with Crippen molar-refractivity contribution in [3.05, 3.63) is 60.2 Å². The van der Waals surface area contributed by atoms with Crippen molar-refractivity contribution < 1.29 is 4.43 Å². The second-order valence-corrected chi connectivity index (χ2v) is 10.2. The van der Waals surface area contributed by atoms with Crippen LogP contribution in [0.4, 0.5) is 0 Å². The van der Waals surface area contributed by atoms with Gasteiger partial charge in [-0.1, -0.05) is 54.6 Å². The highest BCUT2D eigenvalue weighted by Gasteiger charge is 2.22. The van der Waals surface area contributed by atoms with E-state index in [1.54, 1.807) is 0 Å². The van der Waals surface area contributed by atoms with Crippen molar-refractivity contribution in [2.45, 2.75) is 25.7 Å². The monoisotopic (exact) mass is 281 g/mol. The fourth-order valence-corrected chi connectivity index (χ4v) is 2.90. The van der Waals surface area contributed by atoms with Gasteiger partial charge in [-0.25, -0.2) is 0 Å². The number of benzene rings is 2. The second kappa shape index (κ2) is 6.04. The predicted octanol–water partition coefficient (Wildman–Crippen LogP) is 4.77. The van der Waals surface area contributed by atoms with Gasteiger partial charge in [-0.3, -0.25) is 0 Å². The van der Waals surface area contributed by atoms with Gasteiger partial charge in [0, 0.05) is 0 Å². The highest BCUT2D eigenvalue weighted by Crippen LogP contribution is 2.25. The molecule has 0 spiro atoms. The van der Waals surface area contributed by atoms with E-state index in [0.29, 0.717) is 0 Å². The third-order valence-corrected chi connectivity index (χ3v) is 3.85. The summed E-state index contributed by atoms with van der Waals surface area (Å²) in [5.74, 6) is 0. The lowest BCUT2D eigenvalue weighted by Crippen LogP contribution is -2.27. The second-order valence-electron chi connectivity index (χ2n) is 5.73. The number of rotatable bonds is 4. The Hall–Kier alpha value is -1.89. The first-order chi connectivity index (χ1) is 9.49. The molecule has 0 aromatic heterocycles. The van der Waals surface area contributed by atoms with Crippen molar-refractivity contribution in [3.8, 4) is 17.2 Å². The SMILES string of the molecule is C[Si](C)(C)O[C@H](C#N)c1ccc(-c2ccccc2)cc1. The normalized spacial score (nSPS) is 12.7. The highest BCUT2D eigenvalue weighted by molar-refractivity contribution is 6.69. The summed E-state index contributed by atoms with van der Waals surface area (Å²) in [6.45, 7) is 6.28. The summed E-state index contributed by atoms with van der Waals surface area (Å²) >= 11 is 0. The minimum absolute atomic E-state index is 0.466. The molecule has 0 aliphatic rings. The molecule has 2 rings (SSSR count). The minimum atomic E-state index is -1.72. The lowest BCUT2D eigenvalue weighted by Gasteiger charge is -2.22. The minimum Gasteiger partial charge on any atom is -0.399 e. The van der Waals surface area contributed by atoms with E-state index in [2.05, 4.69) is 37.8 Å². The molecular formula is C17H19NOSi. The highest BCUT2D eigenvalue weighted by atomic mass is 28.4. The molecule has 0 fully saturated rings. The van der Waals surface area contributed by atoms with Gasteiger partial charge in [0.2, 0.25) is 0 Å². The molecule has 0 radical (unpaired) electrons. The molecule has 0 N–H and O–H groups in total. The van der Waals surface area contributed by atoms with Gasteiger partial charge in [-0.2, -0.15) is 5.26 Å². The zero-order valence-electron chi connectivity index (χ0n) is 12.1. The predicted molar refractivity (Wildman–Crippen MR) is 84.7 cm³/mol. The Bertz CT molecular complexity index is 594. The number of nitriles is 1. The van der Waals surface area contributed by atoms with Crippen molar-refractivity contribution in [1.29, 1.82) is 5.26 Å². The molecule has 1 atom stereocenters. The molecule has 0 amide bonds. The molecule has 102 valence electrons. The fraction of sp³-hybridized carbons (Fsp3) is 0.235.